The monoisotopic (exact) mass is 402 g/mol. The smallest absolute Gasteiger partial charge is 0.225 e. The van der Waals surface area contributed by atoms with Crippen LogP contribution in [0.3, 0.4) is 0 Å². The number of anilines is 2. The SMILES string of the molecule is CC(CC(=O)Nc1ccc(N2CCCCC2)cn1)C1CCNCC1.Cl.Cl. The van der Waals surface area contributed by atoms with Crippen LogP contribution in [0.25, 0.3) is 0 Å². The number of aromatic nitrogens is 1. The Balaban J connectivity index is 0.00000169. The predicted molar refractivity (Wildman–Crippen MR) is 113 cm³/mol. The Bertz CT molecular complexity index is 529. The van der Waals surface area contributed by atoms with Crippen molar-refractivity contribution in [1.82, 2.24) is 10.3 Å². The molecule has 0 radical (unpaired) electrons. The number of halogens is 2. The minimum Gasteiger partial charge on any atom is -0.370 e. The highest BCUT2D eigenvalue weighted by atomic mass is 35.5. The quantitative estimate of drug-likeness (QED) is 0.784. The summed E-state index contributed by atoms with van der Waals surface area (Å²) in [6, 6.07) is 4.00. The Labute approximate surface area is 169 Å². The van der Waals surface area contributed by atoms with Gasteiger partial charge in [-0.05, 0) is 69.2 Å². The molecule has 1 aromatic heterocycles. The zero-order valence-electron chi connectivity index (χ0n) is 15.6. The molecule has 3 rings (SSSR count). The van der Waals surface area contributed by atoms with E-state index in [9.17, 15) is 4.79 Å². The lowest BCUT2D eigenvalue weighted by molar-refractivity contribution is -0.117. The van der Waals surface area contributed by atoms with Crippen molar-refractivity contribution in [2.24, 2.45) is 11.8 Å². The fraction of sp³-hybridized carbons (Fsp3) is 0.684. The molecule has 2 aliphatic heterocycles. The maximum atomic E-state index is 12.3. The first-order valence-corrected chi connectivity index (χ1v) is 9.44. The van der Waals surface area contributed by atoms with E-state index >= 15 is 0 Å². The Morgan fingerprint density at radius 1 is 1.23 bits per heavy atom. The molecule has 1 aromatic rings. The van der Waals surface area contributed by atoms with Gasteiger partial charge in [0, 0.05) is 19.5 Å². The molecule has 0 aromatic carbocycles. The molecule has 3 heterocycles. The number of rotatable bonds is 5. The Morgan fingerprint density at radius 3 is 2.54 bits per heavy atom. The molecule has 26 heavy (non-hydrogen) atoms. The first-order chi connectivity index (χ1) is 11.7. The summed E-state index contributed by atoms with van der Waals surface area (Å²) in [5.74, 6) is 1.84. The molecule has 1 unspecified atom stereocenters. The van der Waals surface area contributed by atoms with Crippen molar-refractivity contribution in [2.75, 3.05) is 36.4 Å². The van der Waals surface area contributed by atoms with Crippen molar-refractivity contribution in [3.63, 3.8) is 0 Å². The Morgan fingerprint density at radius 2 is 1.92 bits per heavy atom. The summed E-state index contributed by atoms with van der Waals surface area (Å²) in [5.41, 5.74) is 1.16. The molecule has 2 N–H and O–H groups in total. The lowest BCUT2D eigenvalue weighted by atomic mass is 9.84. The van der Waals surface area contributed by atoms with Gasteiger partial charge in [0.25, 0.3) is 0 Å². The number of carbonyl (C=O) groups is 1. The highest BCUT2D eigenvalue weighted by molar-refractivity contribution is 5.90. The van der Waals surface area contributed by atoms with Crippen LogP contribution in [0.15, 0.2) is 18.3 Å². The molecule has 2 saturated heterocycles. The normalized spacial score (nSPS) is 19.0. The van der Waals surface area contributed by atoms with Gasteiger partial charge < -0.3 is 15.5 Å². The van der Waals surface area contributed by atoms with Crippen LogP contribution in [-0.4, -0.2) is 37.1 Å². The lowest BCUT2D eigenvalue weighted by Crippen LogP contribution is -2.32. The second-order valence-corrected chi connectivity index (χ2v) is 7.27. The summed E-state index contributed by atoms with van der Waals surface area (Å²) >= 11 is 0. The third-order valence-electron chi connectivity index (χ3n) is 5.43. The summed E-state index contributed by atoms with van der Waals surface area (Å²) in [7, 11) is 0. The molecule has 7 heteroatoms. The van der Waals surface area contributed by atoms with Gasteiger partial charge in [0.1, 0.15) is 5.82 Å². The van der Waals surface area contributed by atoms with Crippen molar-refractivity contribution in [1.29, 1.82) is 0 Å². The van der Waals surface area contributed by atoms with E-state index in [1.807, 2.05) is 12.3 Å². The average Bonchev–Trinajstić information content (AvgIpc) is 2.64. The number of piperidine rings is 2. The van der Waals surface area contributed by atoms with E-state index in [2.05, 4.69) is 33.5 Å². The molecule has 1 atom stereocenters. The predicted octanol–water partition coefficient (Wildman–Crippen LogP) is 3.88. The van der Waals surface area contributed by atoms with Crippen LogP contribution in [0.5, 0.6) is 0 Å². The lowest BCUT2D eigenvalue weighted by Gasteiger charge is -2.28. The van der Waals surface area contributed by atoms with E-state index in [0.717, 1.165) is 31.9 Å². The van der Waals surface area contributed by atoms with Gasteiger partial charge in [0.05, 0.1) is 11.9 Å². The van der Waals surface area contributed by atoms with Crippen molar-refractivity contribution in [3.05, 3.63) is 18.3 Å². The molecule has 0 spiro atoms. The topological polar surface area (TPSA) is 57.3 Å². The number of pyridine rings is 1. The van der Waals surface area contributed by atoms with Crippen LogP contribution in [0.2, 0.25) is 0 Å². The minimum absolute atomic E-state index is 0. The third kappa shape index (κ3) is 6.60. The summed E-state index contributed by atoms with van der Waals surface area (Å²) in [5, 5.41) is 6.34. The molecule has 2 aliphatic rings. The summed E-state index contributed by atoms with van der Waals surface area (Å²) in [4.78, 5) is 19.1. The standard InChI is InChI=1S/C19H30N4O.2ClH/c1-15(16-7-9-20-10-8-16)13-19(24)22-18-6-5-17(14-21-18)23-11-3-2-4-12-23;;/h5-6,14-16,20H,2-4,7-13H2,1H3,(H,21,22,24);2*1H. The Hall–Kier alpha value is -1.04. The van der Waals surface area contributed by atoms with Crippen LogP contribution in [0.1, 0.15) is 45.4 Å². The van der Waals surface area contributed by atoms with Crippen LogP contribution in [-0.2, 0) is 4.79 Å². The van der Waals surface area contributed by atoms with Crippen LogP contribution >= 0.6 is 24.8 Å². The van der Waals surface area contributed by atoms with Gasteiger partial charge in [-0.1, -0.05) is 6.92 Å². The van der Waals surface area contributed by atoms with E-state index in [0.29, 0.717) is 24.1 Å². The molecular weight excluding hydrogens is 371 g/mol. The van der Waals surface area contributed by atoms with Gasteiger partial charge in [0.2, 0.25) is 5.91 Å². The van der Waals surface area contributed by atoms with Gasteiger partial charge in [-0.25, -0.2) is 4.98 Å². The molecule has 0 saturated carbocycles. The summed E-state index contributed by atoms with van der Waals surface area (Å²) in [6.45, 7) is 6.58. The van der Waals surface area contributed by atoms with Gasteiger partial charge >= 0.3 is 0 Å². The van der Waals surface area contributed by atoms with Crippen molar-refractivity contribution >= 4 is 42.2 Å². The van der Waals surface area contributed by atoms with Crippen LogP contribution in [0, 0.1) is 11.8 Å². The van der Waals surface area contributed by atoms with Crippen molar-refractivity contribution < 1.29 is 4.79 Å². The maximum Gasteiger partial charge on any atom is 0.225 e. The molecule has 0 aliphatic carbocycles. The second kappa shape index (κ2) is 11.6. The zero-order valence-corrected chi connectivity index (χ0v) is 17.2. The summed E-state index contributed by atoms with van der Waals surface area (Å²) < 4.78 is 0. The average molecular weight is 403 g/mol. The zero-order chi connectivity index (χ0) is 16.8. The first kappa shape index (κ1) is 23.0. The highest BCUT2D eigenvalue weighted by Crippen LogP contribution is 2.25. The third-order valence-corrected chi connectivity index (χ3v) is 5.43. The van der Waals surface area contributed by atoms with Gasteiger partial charge in [0.15, 0.2) is 0 Å². The number of carbonyl (C=O) groups excluding carboxylic acids is 1. The minimum atomic E-state index is 0. The van der Waals surface area contributed by atoms with Crippen LogP contribution < -0.4 is 15.5 Å². The molecule has 1 amide bonds. The first-order valence-electron chi connectivity index (χ1n) is 9.44. The largest absolute Gasteiger partial charge is 0.370 e. The number of hydrogen-bond donors (Lipinski definition) is 2. The number of nitrogens with zero attached hydrogens (tertiary/aromatic N) is 2. The molecule has 5 nitrogen and oxygen atoms in total. The van der Waals surface area contributed by atoms with Crippen molar-refractivity contribution in [3.8, 4) is 0 Å². The maximum absolute atomic E-state index is 12.3. The second-order valence-electron chi connectivity index (χ2n) is 7.27. The fourth-order valence-electron chi connectivity index (χ4n) is 3.87. The molecule has 2 fully saturated rings. The van der Waals surface area contributed by atoms with Gasteiger partial charge in [-0.15, -0.1) is 24.8 Å². The molecule has 148 valence electrons. The summed E-state index contributed by atoms with van der Waals surface area (Å²) in [6.07, 6.45) is 8.67. The fourth-order valence-corrected chi connectivity index (χ4v) is 3.87. The van der Waals surface area contributed by atoms with Crippen molar-refractivity contribution in [2.45, 2.75) is 45.4 Å². The number of hydrogen-bond acceptors (Lipinski definition) is 4. The molecule has 0 bridgehead atoms. The van der Waals surface area contributed by atoms with E-state index < -0.39 is 0 Å². The van der Waals surface area contributed by atoms with E-state index in [1.54, 1.807) is 0 Å². The van der Waals surface area contributed by atoms with E-state index in [-0.39, 0.29) is 30.7 Å². The Kier molecular flexibility index (Phi) is 10.3. The van der Waals surface area contributed by atoms with E-state index in [4.69, 9.17) is 0 Å². The van der Waals surface area contributed by atoms with Crippen LogP contribution in [0.4, 0.5) is 11.5 Å². The number of amides is 1. The van der Waals surface area contributed by atoms with Gasteiger partial charge in [-0.2, -0.15) is 0 Å². The highest BCUT2D eigenvalue weighted by Gasteiger charge is 2.22. The van der Waals surface area contributed by atoms with Gasteiger partial charge in [-0.3, -0.25) is 4.79 Å². The number of nitrogens with one attached hydrogen (secondary N) is 2. The van der Waals surface area contributed by atoms with E-state index in [1.165, 1.54) is 32.1 Å². The molecular formula is C19H32Cl2N4O.